The molecule has 1 amide bonds. The number of nitrogens with zero attached hydrogens (tertiary/aromatic N) is 1. The topological polar surface area (TPSA) is 201 Å². The highest BCUT2D eigenvalue weighted by Gasteiger charge is 2.36. The normalized spacial score (nSPS) is 13.3. The molecule has 21 nitrogen and oxygen atoms in total. The van der Waals surface area contributed by atoms with Crippen molar-refractivity contribution in [2.24, 2.45) is 22.7 Å². The maximum Gasteiger partial charge on any atom is 0.222 e. The predicted molar refractivity (Wildman–Crippen MR) is 390 cm³/mol. The van der Waals surface area contributed by atoms with Gasteiger partial charge in [0.25, 0.3) is 0 Å². The number of carbonyl (C=O) groups excluding carboxylic acids is 1. The van der Waals surface area contributed by atoms with Gasteiger partial charge in [-0.05, 0) is 117 Å². The number of carbonyl (C=O) groups is 1. The van der Waals surface area contributed by atoms with Crippen LogP contribution in [0, 0.1) is 22.7 Å². The molecule has 1 heterocycles. The zero-order chi connectivity index (χ0) is 71.7. The molecule has 0 aromatic carbocycles. The van der Waals surface area contributed by atoms with E-state index in [0.29, 0.717) is 124 Å². The van der Waals surface area contributed by atoms with Crippen molar-refractivity contribution in [2.45, 2.75) is 194 Å². The zero-order valence-corrected chi connectivity index (χ0v) is 65.4. The second-order valence-electron chi connectivity index (χ2n) is 25.0. The van der Waals surface area contributed by atoms with Crippen molar-refractivity contribution in [3.63, 3.8) is 0 Å². The van der Waals surface area contributed by atoms with Crippen LogP contribution < -0.4 is 10.6 Å². The molecule has 1 saturated heterocycles. The molecule has 0 aromatic rings. The summed E-state index contributed by atoms with van der Waals surface area (Å²) in [7, 11) is 24.6. The fourth-order valence-corrected chi connectivity index (χ4v) is 10.2. The quantitative estimate of drug-likeness (QED) is 0.0544. The average molecular weight is 1380 g/mol. The Hall–Kier alpha value is -1.29. The van der Waals surface area contributed by atoms with Crippen LogP contribution in [-0.2, 0) is 85.3 Å². The molecule has 1 aliphatic rings. The summed E-state index contributed by atoms with van der Waals surface area (Å²) in [5, 5.41) is 6.28. The third-order valence-corrected chi connectivity index (χ3v) is 15.9. The SMILES string of the molecule is CCCC(CC)COC.CCCCCCCCOC.CCCCCOCC(COC)OC.CNCCCCC(COC)COC.CNCCCCCC(=O)N1CCC(COC)(COC)CC1.COCCCOCC(COCCCOC)(COCCCOC)COCCCOC. The van der Waals surface area contributed by atoms with Gasteiger partial charge in [0.1, 0.15) is 6.10 Å². The molecule has 1 fully saturated rings. The first kappa shape index (κ1) is 102. The summed E-state index contributed by atoms with van der Waals surface area (Å²) < 4.78 is 90.6. The number of nitrogens with one attached hydrogen (secondary N) is 2. The molecule has 578 valence electrons. The molecule has 95 heavy (non-hydrogen) atoms. The first-order valence-corrected chi connectivity index (χ1v) is 36.7. The molecule has 2 atom stereocenters. The monoisotopic (exact) mass is 1380 g/mol. The van der Waals surface area contributed by atoms with Crippen LogP contribution in [0.5, 0.6) is 0 Å². The van der Waals surface area contributed by atoms with E-state index in [-0.39, 0.29) is 16.9 Å². The van der Waals surface area contributed by atoms with Gasteiger partial charge >= 0.3 is 0 Å². The largest absolute Gasteiger partial charge is 0.385 e. The van der Waals surface area contributed by atoms with Gasteiger partial charge in [0.05, 0.1) is 71.5 Å². The van der Waals surface area contributed by atoms with E-state index in [4.69, 9.17) is 80.5 Å². The van der Waals surface area contributed by atoms with E-state index in [0.717, 1.165) is 129 Å². The Kier molecular flexibility index (Phi) is 93.7. The van der Waals surface area contributed by atoms with Crippen LogP contribution in [0.15, 0.2) is 0 Å². The molecule has 0 aliphatic carbocycles. The molecule has 0 aromatic heterocycles. The minimum atomic E-state index is -0.361. The van der Waals surface area contributed by atoms with Crippen LogP contribution in [0.3, 0.4) is 0 Å². The Labute approximate surface area is 585 Å². The maximum absolute atomic E-state index is 12.2. The highest BCUT2D eigenvalue weighted by molar-refractivity contribution is 5.76. The Balaban J connectivity index is -0.000000360. The Bertz CT molecular complexity index is 1290. The van der Waals surface area contributed by atoms with Crippen LogP contribution in [0.4, 0.5) is 0 Å². The van der Waals surface area contributed by atoms with Crippen molar-refractivity contribution in [1.29, 1.82) is 0 Å². The highest BCUT2D eigenvalue weighted by Crippen LogP contribution is 2.32. The molecule has 2 N–H and O–H groups in total. The van der Waals surface area contributed by atoms with Gasteiger partial charge in [0, 0.05) is 189 Å². The maximum atomic E-state index is 12.2. The van der Waals surface area contributed by atoms with E-state index in [9.17, 15) is 4.79 Å². The second kappa shape index (κ2) is 86.9. The highest BCUT2D eigenvalue weighted by atomic mass is 16.6. The molecule has 21 heteroatoms. The van der Waals surface area contributed by atoms with Gasteiger partial charge in [-0.15, -0.1) is 0 Å². The number of rotatable bonds is 64. The molecule has 1 rings (SSSR count). The summed E-state index contributed by atoms with van der Waals surface area (Å²) in [5.41, 5.74) is -0.270. The first-order chi connectivity index (χ1) is 46.4. The van der Waals surface area contributed by atoms with Gasteiger partial charge in [0.15, 0.2) is 0 Å². The summed E-state index contributed by atoms with van der Waals surface area (Å²) in [5.74, 6) is 1.66. The third kappa shape index (κ3) is 75.2. The second-order valence-corrected chi connectivity index (χ2v) is 25.0. The van der Waals surface area contributed by atoms with E-state index in [1.807, 2.05) is 19.0 Å². The van der Waals surface area contributed by atoms with Crippen molar-refractivity contribution in [2.75, 3.05) is 264 Å². The molecular weight excluding hydrogens is 1220 g/mol. The number of unbranched alkanes of at least 4 members (excludes halogenated alkanes) is 10. The predicted octanol–water partition coefficient (Wildman–Crippen LogP) is 12.4. The van der Waals surface area contributed by atoms with E-state index in [1.54, 1.807) is 85.3 Å². The Morgan fingerprint density at radius 2 is 0.779 bits per heavy atom. The number of methoxy groups -OCH3 is 12. The summed E-state index contributed by atoms with van der Waals surface area (Å²) >= 11 is 0. The van der Waals surface area contributed by atoms with Crippen molar-refractivity contribution < 1.29 is 85.3 Å². The molecular formula is C74H159N3O18. The lowest BCUT2D eigenvalue weighted by atomic mass is 9.79. The minimum Gasteiger partial charge on any atom is -0.385 e. The molecule has 0 radical (unpaired) electrons. The number of ether oxygens (including phenoxy) is 17. The Morgan fingerprint density at radius 3 is 1.18 bits per heavy atom. The summed E-state index contributed by atoms with van der Waals surface area (Å²) in [6.45, 7) is 27.0. The van der Waals surface area contributed by atoms with Crippen LogP contribution in [0.25, 0.3) is 0 Å². The lowest BCUT2D eigenvalue weighted by molar-refractivity contribution is -0.135. The lowest BCUT2D eigenvalue weighted by Crippen LogP contribution is -2.46. The molecule has 0 spiro atoms. The molecule has 0 bridgehead atoms. The van der Waals surface area contributed by atoms with Crippen LogP contribution in [-0.4, -0.2) is 281 Å². The third-order valence-electron chi connectivity index (χ3n) is 15.9. The number of likely N-dealkylation sites (tertiary alicyclic amines) is 1. The number of piperidine rings is 1. The summed E-state index contributed by atoms with van der Waals surface area (Å²) in [4.78, 5) is 14.2. The Morgan fingerprint density at radius 1 is 0.389 bits per heavy atom. The van der Waals surface area contributed by atoms with E-state index in [1.165, 1.54) is 89.9 Å². The van der Waals surface area contributed by atoms with Gasteiger partial charge in [0.2, 0.25) is 5.91 Å². The van der Waals surface area contributed by atoms with E-state index in [2.05, 4.69) is 38.3 Å². The summed E-state index contributed by atoms with van der Waals surface area (Å²) in [6, 6.07) is 0. The van der Waals surface area contributed by atoms with E-state index < -0.39 is 0 Å². The smallest absolute Gasteiger partial charge is 0.222 e. The fourth-order valence-electron chi connectivity index (χ4n) is 10.2. The molecule has 1 aliphatic heterocycles. The van der Waals surface area contributed by atoms with Crippen LogP contribution >= 0.6 is 0 Å². The zero-order valence-electron chi connectivity index (χ0n) is 65.4. The van der Waals surface area contributed by atoms with Crippen LogP contribution in [0.1, 0.15) is 188 Å². The molecule has 2 unspecified atom stereocenters. The van der Waals surface area contributed by atoms with Crippen molar-refractivity contribution in [3.8, 4) is 0 Å². The van der Waals surface area contributed by atoms with Gasteiger partial charge in [-0.1, -0.05) is 98.3 Å². The van der Waals surface area contributed by atoms with Crippen molar-refractivity contribution in [1.82, 2.24) is 15.5 Å². The average Bonchev–Trinajstić information content (AvgIpc) is 1.04. The standard InChI is InChI=1S/C21H44O8.C16H32N2O3.C10H23NO2.C10H22O3.C9H20O.C8H18O/c1-22-9-5-13-26-17-21(18-27-14-6-10-23-2,19-28-15-7-11-24-3)20-29-16-8-12-25-4;1-17-10-6-4-5-7-15(19)18-11-8-16(9-12-18,13-20-2)14-21-3;1-11-7-5-4-6-10(8-12-2)9-13-3;1-4-5-6-7-13-9-10(12-3)8-11-2;1-3-4-5-6-7-8-9-10-2;1-4-6-8(5-2)7-9-3/h5-20H2,1-4H3;17H,4-14H2,1-3H3;10-11H,4-9H2,1-3H3;10H,4-9H2,1-3H3;3-9H2,1-2H3;8H,4-7H2,1-3H3. The van der Waals surface area contributed by atoms with Gasteiger partial charge < -0.3 is 96.1 Å². The number of amides is 1. The number of hydrogen-bond acceptors (Lipinski definition) is 20. The molecule has 0 saturated carbocycles. The minimum absolute atomic E-state index is 0.0756. The van der Waals surface area contributed by atoms with Gasteiger partial charge in [-0.2, -0.15) is 0 Å². The first-order valence-electron chi connectivity index (χ1n) is 36.7. The lowest BCUT2D eigenvalue weighted by Gasteiger charge is -2.41. The van der Waals surface area contributed by atoms with Gasteiger partial charge in [-0.3, -0.25) is 4.79 Å². The van der Waals surface area contributed by atoms with Crippen molar-refractivity contribution in [3.05, 3.63) is 0 Å². The summed E-state index contributed by atoms with van der Waals surface area (Å²) in [6.07, 6.45) is 28.6. The van der Waals surface area contributed by atoms with E-state index >= 15 is 0 Å². The van der Waals surface area contributed by atoms with Crippen molar-refractivity contribution >= 4 is 5.91 Å². The van der Waals surface area contributed by atoms with Crippen LogP contribution in [0.2, 0.25) is 0 Å². The number of hydrogen-bond donors (Lipinski definition) is 2. The van der Waals surface area contributed by atoms with Gasteiger partial charge in [-0.25, -0.2) is 0 Å². The fraction of sp³-hybridized carbons (Fsp3) is 0.986.